The minimum absolute atomic E-state index is 0.0464. The van der Waals surface area contributed by atoms with Gasteiger partial charge < -0.3 is 0 Å². The van der Waals surface area contributed by atoms with Crippen molar-refractivity contribution in [1.82, 2.24) is 10.8 Å². The SMILES string of the molecule is O=C(NO)NC(=O)N1C(=O)C(C(=O)c2cccs2)c2cc(F)c(Cl)cc21. The molecule has 1 aliphatic rings. The number of thiophene rings is 1. The molecular formula is C15H9ClFN3O5S. The summed E-state index contributed by atoms with van der Waals surface area (Å²) in [6.45, 7) is 0. The van der Waals surface area contributed by atoms with E-state index in [0.29, 0.717) is 4.90 Å². The first-order valence-electron chi connectivity index (χ1n) is 7.00. The van der Waals surface area contributed by atoms with Gasteiger partial charge in [0.15, 0.2) is 5.78 Å². The van der Waals surface area contributed by atoms with Gasteiger partial charge in [0.25, 0.3) is 5.91 Å². The summed E-state index contributed by atoms with van der Waals surface area (Å²) >= 11 is 6.81. The number of Topliss-reactive ketones (excluding diaryl/α,β-unsaturated/α-hetero) is 1. The maximum absolute atomic E-state index is 13.9. The highest BCUT2D eigenvalue weighted by molar-refractivity contribution is 7.12. The number of rotatable bonds is 2. The number of hydrogen-bond donors (Lipinski definition) is 3. The molecule has 0 fully saturated rings. The second kappa shape index (κ2) is 6.83. The zero-order valence-corrected chi connectivity index (χ0v) is 14.2. The molecule has 26 heavy (non-hydrogen) atoms. The number of ketones is 1. The van der Waals surface area contributed by atoms with Crippen molar-refractivity contribution in [3.63, 3.8) is 0 Å². The zero-order valence-electron chi connectivity index (χ0n) is 12.7. The summed E-state index contributed by atoms with van der Waals surface area (Å²) in [6, 6.07) is 2.51. The minimum Gasteiger partial charge on any atom is -0.292 e. The van der Waals surface area contributed by atoms with Crippen LogP contribution in [0.2, 0.25) is 5.02 Å². The topological polar surface area (TPSA) is 116 Å². The number of benzene rings is 1. The van der Waals surface area contributed by atoms with Crippen molar-refractivity contribution in [2.75, 3.05) is 4.90 Å². The van der Waals surface area contributed by atoms with E-state index < -0.39 is 35.5 Å². The Kier molecular flexibility index (Phi) is 4.72. The van der Waals surface area contributed by atoms with Gasteiger partial charge in [0.1, 0.15) is 11.7 Å². The molecule has 5 amide bonds. The number of hydroxylamine groups is 1. The average molecular weight is 398 g/mol. The van der Waals surface area contributed by atoms with Crippen molar-refractivity contribution in [3.05, 3.63) is 50.9 Å². The van der Waals surface area contributed by atoms with Gasteiger partial charge in [-0.15, -0.1) is 11.3 Å². The highest BCUT2D eigenvalue weighted by atomic mass is 35.5. The third-order valence-corrected chi connectivity index (χ3v) is 4.81. The van der Waals surface area contributed by atoms with Gasteiger partial charge in [-0.1, -0.05) is 17.7 Å². The summed E-state index contributed by atoms with van der Waals surface area (Å²) in [5.74, 6) is -3.91. The van der Waals surface area contributed by atoms with Gasteiger partial charge in [-0.2, -0.15) is 0 Å². The Balaban J connectivity index is 2.08. The normalized spacial score (nSPS) is 15.6. The lowest BCUT2D eigenvalue weighted by atomic mass is 9.95. The molecule has 134 valence electrons. The molecule has 2 heterocycles. The number of amides is 5. The third-order valence-electron chi connectivity index (χ3n) is 3.64. The molecule has 0 aliphatic carbocycles. The van der Waals surface area contributed by atoms with Gasteiger partial charge in [0, 0.05) is 0 Å². The zero-order chi connectivity index (χ0) is 19.0. The quantitative estimate of drug-likeness (QED) is 0.312. The van der Waals surface area contributed by atoms with Crippen molar-refractivity contribution in [2.24, 2.45) is 0 Å². The van der Waals surface area contributed by atoms with Gasteiger partial charge in [0.05, 0.1) is 15.6 Å². The largest absolute Gasteiger partial charge is 0.346 e. The summed E-state index contributed by atoms with van der Waals surface area (Å²) in [4.78, 5) is 49.5. The van der Waals surface area contributed by atoms with Crippen LogP contribution in [0.3, 0.4) is 0 Å². The van der Waals surface area contributed by atoms with Gasteiger partial charge in [0.2, 0.25) is 0 Å². The first-order valence-corrected chi connectivity index (χ1v) is 8.26. The Morgan fingerprint density at radius 2 is 2.04 bits per heavy atom. The smallest absolute Gasteiger partial charge is 0.292 e. The van der Waals surface area contributed by atoms with E-state index in [2.05, 4.69) is 0 Å². The van der Waals surface area contributed by atoms with Crippen LogP contribution in [0.25, 0.3) is 0 Å². The average Bonchev–Trinajstić information content (AvgIpc) is 3.21. The predicted octanol–water partition coefficient (Wildman–Crippen LogP) is 2.66. The number of carbonyl (C=O) groups is 4. The van der Waals surface area contributed by atoms with Crippen molar-refractivity contribution < 1.29 is 28.8 Å². The summed E-state index contributed by atoms with van der Waals surface area (Å²) in [6.07, 6.45) is 0. The number of nitrogens with one attached hydrogen (secondary N) is 2. The van der Waals surface area contributed by atoms with E-state index in [9.17, 15) is 23.6 Å². The highest BCUT2D eigenvalue weighted by Gasteiger charge is 2.46. The number of carbonyl (C=O) groups excluding carboxylic acids is 4. The fourth-order valence-electron chi connectivity index (χ4n) is 2.56. The summed E-state index contributed by atoms with van der Waals surface area (Å²) in [5.41, 5.74) is 1.00. The molecule has 1 aromatic heterocycles. The van der Waals surface area contributed by atoms with Gasteiger partial charge >= 0.3 is 12.1 Å². The Morgan fingerprint density at radius 3 is 2.65 bits per heavy atom. The maximum Gasteiger partial charge on any atom is 0.346 e. The van der Waals surface area contributed by atoms with Crippen LogP contribution in [0.15, 0.2) is 29.6 Å². The lowest BCUT2D eigenvalue weighted by Gasteiger charge is -2.16. The molecule has 3 N–H and O–H groups in total. The molecule has 2 aromatic rings. The van der Waals surface area contributed by atoms with E-state index in [-0.39, 0.29) is 21.2 Å². The van der Waals surface area contributed by atoms with Crippen LogP contribution in [0.4, 0.5) is 19.7 Å². The van der Waals surface area contributed by atoms with Crippen LogP contribution >= 0.6 is 22.9 Å². The first kappa shape index (κ1) is 18.0. The number of urea groups is 2. The Bertz CT molecular complexity index is 934. The van der Waals surface area contributed by atoms with Crippen LogP contribution in [-0.2, 0) is 4.79 Å². The van der Waals surface area contributed by atoms with E-state index in [1.165, 1.54) is 11.5 Å². The molecule has 11 heteroatoms. The number of halogens is 2. The van der Waals surface area contributed by atoms with E-state index >= 15 is 0 Å². The maximum atomic E-state index is 13.9. The molecule has 1 aromatic carbocycles. The van der Waals surface area contributed by atoms with Crippen molar-refractivity contribution in [3.8, 4) is 0 Å². The monoisotopic (exact) mass is 397 g/mol. The third kappa shape index (κ3) is 2.94. The minimum atomic E-state index is -1.46. The predicted molar refractivity (Wildman–Crippen MR) is 89.1 cm³/mol. The second-order valence-corrected chi connectivity index (χ2v) is 6.50. The molecule has 0 saturated carbocycles. The van der Waals surface area contributed by atoms with Gasteiger partial charge in [-0.05, 0) is 29.1 Å². The van der Waals surface area contributed by atoms with Gasteiger partial charge in [-0.25, -0.2) is 24.4 Å². The number of imide groups is 2. The van der Waals surface area contributed by atoms with Crippen LogP contribution < -0.4 is 15.7 Å². The summed E-state index contributed by atoms with van der Waals surface area (Å²) in [5, 5.41) is 11.4. The molecule has 3 rings (SSSR count). The number of anilines is 1. The molecular weight excluding hydrogens is 389 g/mol. The van der Waals surface area contributed by atoms with E-state index in [1.807, 2.05) is 0 Å². The second-order valence-electron chi connectivity index (χ2n) is 5.14. The van der Waals surface area contributed by atoms with Crippen LogP contribution in [0, 0.1) is 5.82 Å². The van der Waals surface area contributed by atoms with Crippen LogP contribution in [0.5, 0.6) is 0 Å². The molecule has 1 atom stereocenters. The van der Waals surface area contributed by atoms with E-state index in [0.717, 1.165) is 23.5 Å². The highest BCUT2D eigenvalue weighted by Crippen LogP contribution is 2.42. The Morgan fingerprint density at radius 1 is 1.31 bits per heavy atom. The Labute approximate surface area is 154 Å². The van der Waals surface area contributed by atoms with Crippen molar-refractivity contribution >= 4 is 52.4 Å². The summed E-state index contributed by atoms with van der Waals surface area (Å²) in [7, 11) is 0. The molecule has 1 aliphatic heterocycles. The molecule has 0 spiro atoms. The molecule has 0 saturated heterocycles. The molecule has 1 unspecified atom stereocenters. The molecule has 8 nitrogen and oxygen atoms in total. The fraction of sp³-hybridized carbons (Fsp3) is 0.0667. The number of hydrogen-bond acceptors (Lipinski definition) is 6. The van der Waals surface area contributed by atoms with Crippen molar-refractivity contribution in [2.45, 2.75) is 5.92 Å². The van der Waals surface area contributed by atoms with Crippen molar-refractivity contribution in [1.29, 1.82) is 0 Å². The van der Waals surface area contributed by atoms with Gasteiger partial charge in [-0.3, -0.25) is 20.1 Å². The standard InChI is InChI=1S/C15H9ClFN3O5S/c16-7-5-9-6(4-8(7)17)11(12(21)10-2-1-3-26-10)13(22)20(9)15(24)18-14(23)19-25/h1-5,11,25H,(H2,18,19,23,24). The number of nitrogens with zero attached hydrogens (tertiary/aromatic N) is 1. The fourth-order valence-corrected chi connectivity index (χ4v) is 3.42. The van der Waals surface area contributed by atoms with E-state index in [4.69, 9.17) is 16.8 Å². The lowest BCUT2D eigenvalue weighted by molar-refractivity contribution is -0.117. The lowest BCUT2D eigenvalue weighted by Crippen LogP contribution is -2.48. The Hall–Kier alpha value is -2.82. The van der Waals surface area contributed by atoms with Crippen LogP contribution in [-0.4, -0.2) is 29.0 Å². The number of fused-ring (bicyclic) bond motifs is 1. The first-order chi connectivity index (χ1) is 12.3. The molecule has 0 radical (unpaired) electrons. The summed E-state index contributed by atoms with van der Waals surface area (Å²) < 4.78 is 13.9. The van der Waals surface area contributed by atoms with Crippen LogP contribution in [0.1, 0.15) is 21.2 Å². The molecule has 0 bridgehead atoms. The van der Waals surface area contributed by atoms with E-state index in [1.54, 1.807) is 16.8 Å².